The highest BCUT2D eigenvalue weighted by atomic mass is 79.9. The molecular formula is C83H99BrClF8N13O5. The third-order valence-electron chi connectivity index (χ3n) is 18.1. The molecule has 4 aromatic carbocycles. The highest BCUT2D eigenvalue weighted by Crippen LogP contribution is 2.41. The molecule has 0 bridgehead atoms. The van der Waals surface area contributed by atoms with E-state index in [4.69, 9.17) is 15.1 Å². The molecule has 596 valence electrons. The normalized spacial score (nSPS) is 14.7. The number of likely N-dealkylation sites (tertiary alicyclic amines) is 2. The fourth-order valence-corrected chi connectivity index (χ4v) is 12.7. The molecule has 3 aliphatic heterocycles. The minimum atomic E-state index is -1.02. The van der Waals surface area contributed by atoms with Gasteiger partial charge in [-0.1, -0.05) is 96.6 Å². The van der Waals surface area contributed by atoms with Gasteiger partial charge >= 0.3 is 12.1 Å². The number of hydrogen-bond acceptors (Lipinski definition) is 15. The Hall–Kier alpha value is -10.3. The van der Waals surface area contributed by atoms with Gasteiger partial charge in [0.05, 0.1) is 63.0 Å². The molecule has 28 heteroatoms. The van der Waals surface area contributed by atoms with Crippen LogP contribution in [-0.2, 0) is 29.3 Å². The molecule has 0 atom stereocenters. The van der Waals surface area contributed by atoms with Crippen LogP contribution in [0.25, 0.3) is 22.8 Å². The van der Waals surface area contributed by atoms with Gasteiger partial charge in [-0.25, -0.2) is 64.6 Å². The Morgan fingerprint density at radius 2 is 0.874 bits per heavy atom. The largest absolute Gasteiger partial charge is 0.478 e. The van der Waals surface area contributed by atoms with Crippen LogP contribution in [0.15, 0.2) is 147 Å². The van der Waals surface area contributed by atoms with Crippen molar-refractivity contribution < 1.29 is 59.4 Å². The van der Waals surface area contributed by atoms with Crippen molar-refractivity contribution in [2.75, 3.05) is 39.3 Å². The van der Waals surface area contributed by atoms with Crippen molar-refractivity contribution in [2.45, 2.75) is 159 Å². The molecule has 1 saturated carbocycles. The first-order chi connectivity index (χ1) is 50.3. The summed E-state index contributed by atoms with van der Waals surface area (Å²) in [5.74, 6) is -5.64. The van der Waals surface area contributed by atoms with E-state index >= 15 is 0 Å². The molecule has 0 radical (unpaired) electrons. The number of amides is 2. The van der Waals surface area contributed by atoms with E-state index in [2.05, 4.69) is 75.4 Å². The number of aromatic nitrogens is 6. The molecule has 0 unspecified atom stereocenters. The Morgan fingerprint density at radius 3 is 1.22 bits per heavy atom. The fraction of sp³-hybridized carbons (Fsp3) is 0.410. The molecule has 4 fully saturated rings. The number of rotatable bonds is 11. The molecule has 0 spiro atoms. The quantitative estimate of drug-likeness (QED) is 0.0899. The monoisotopic (exact) mass is 1620 g/mol. The Morgan fingerprint density at radius 1 is 0.505 bits per heavy atom. The topological polar surface area (TPSA) is 272 Å². The molecule has 2 amide bonds. The van der Waals surface area contributed by atoms with Gasteiger partial charge in [0.2, 0.25) is 0 Å². The average Bonchev–Trinajstić information content (AvgIpc) is 0.797. The van der Waals surface area contributed by atoms with Crippen molar-refractivity contribution in [1.82, 2.24) is 45.0 Å². The number of carboxylic acids is 1. The van der Waals surface area contributed by atoms with Crippen LogP contribution in [0.3, 0.4) is 0 Å². The number of nitrogens with zero attached hydrogens (tertiary/aromatic N) is 12. The van der Waals surface area contributed by atoms with Gasteiger partial charge in [-0.3, -0.25) is 14.8 Å². The minimum Gasteiger partial charge on any atom is -0.478 e. The number of hydrogen-bond donors (Lipinski definition) is 2. The first-order valence-corrected chi connectivity index (χ1v) is 35.0. The van der Waals surface area contributed by atoms with Gasteiger partial charge in [0.15, 0.2) is 0 Å². The van der Waals surface area contributed by atoms with Gasteiger partial charge in [0.1, 0.15) is 76.2 Å². The number of halogens is 10. The van der Waals surface area contributed by atoms with Crippen molar-refractivity contribution in [3.63, 3.8) is 0 Å². The second-order valence-corrected chi connectivity index (χ2v) is 27.0. The molecule has 3 saturated heterocycles. The maximum Gasteiger partial charge on any atom is 0.410 e. The maximum absolute atomic E-state index is 14.1. The summed E-state index contributed by atoms with van der Waals surface area (Å²) in [6, 6.07) is 34.0. The standard InChI is InChI=1S/C23H19F2N5O.C14H15F2N.C13H14F2N2.C11H18N2O2.C10H7N3O2.C7H5BrF2.5CH4.ClH/c24-18-4-1-5-19(25)17(18)13-23(14-26)7-11-30(12-8-23)22(31)16-3-2-9-28-21(16)20-6-10-27-15-29-20;15-12-5-4-6-13(16)11(12)9-14(10-17)7-2-1-3-8-14;14-11-2-1-3-12(15)10(11)8-13(9-16)4-6-17-7-5-13;1-11(2,3)15-10(14)13-6-4-9(8-12)5-7-13;14-10(15)7-2-1-4-12-9(7)8-3-5-11-6-13-8;8-4-5-6(9)2-1-3-7(5)10;;;;;;/h1-6,9-10,15H,7-8,11-13H2;4-6H,1-3,7-9H2;1-3,17H,4-8H2;9H,4-7H2,1-3H3;1-6H,(H,14,15);1-3H,4H2;5*1H4;1H. The number of alkyl halides is 1. The van der Waals surface area contributed by atoms with Crippen LogP contribution in [0.4, 0.5) is 39.9 Å². The lowest BCUT2D eigenvalue weighted by atomic mass is 9.71. The van der Waals surface area contributed by atoms with E-state index in [9.17, 15) is 65.3 Å². The van der Waals surface area contributed by atoms with Crippen LogP contribution in [0.5, 0.6) is 0 Å². The lowest BCUT2D eigenvalue weighted by molar-refractivity contribution is 0.0198. The SMILES string of the molecule is C.C.C.C.C.CC(C)(C)OC(=O)N1CCC(C#N)CC1.Cl.Fc1cccc(F)c1CBr.N#CC1(Cc2c(F)cccc2F)CCCCC1.N#CC1(Cc2c(F)cccc2F)CCN(C(=O)c2cccnc2-c2ccncn2)CC1.N#CC1(Cc2c(F)cccc2F)CCNCC1.O=C(O)c1cccnc1-c1ccncn1. The van der Waals surface area contributed by atoms with E-state index in [0.717, 1.165) is 58.0 Å². The molecule has 4 aliphatic rings. The predicted molar refractivity (Wildman–Crippen MR) is 418 cm³/mol. The summed E-state index contributed by atoms with van der Waals surface area (Å²) in [4.78, 5) is 63.2. The number of nitrogens with one attached hydrogen (secondary N) is 1. The van der Waals surface area contributed by atoms with E-state index < -0.39 is 74.4 Å². The van der Waals surface area contributed by atoms with Gasteiger partial charge in [-0.05, 0) is 189 Å². The highest BCUT2D eigenvalue weighted by Gasteiger charge is 2.40. The van der Waals surface area contributed by atoms with Crippen LogP contribution in [0.2, 0.25) is 0 Å². The van der Waals surface area contributed by atoms with Crippen LogP contribution in [0, 0.1) is 114 Å². The zero-order chi connectivity index (χ0) is 76.2. The fourth-order valence-electron chi connectivity index (χ4n) is 12.1. The number of carbonyl (C=O) groups excluding carboxylic acids is 2. The first kappa shape index (κ1) is 98.7. The summed E-state index contributed by atoms with van der Waals surface area (Å²) in [7, 11) is 0. The average molecular weight is 1630 g/mol. The molecular weight excluding hydrogens is 1530 g/mol. The number of carboxylic acid groups (broad SMARTS) is 1. The maximum atomic E-state index is 14.1. The van der Waals surface area contributed by atoms with Gasteiger partial charge in [0, 0.05) is 84.5 Å². The molecule has 7 heterocycles. The summed E-state index contributed by atoms with van der Waals surface area (Å²) < 4.78 is 113. The Bertz CT molecular complexity index is 4230. The number of aromatic carboxylic acids is 1. The Kier molecular flexibility index (Phi) is 42.4. The van der Waals surface area contributed by atoms with E-state index in [1.807, 2.05) is 20.8 Å². The first-order valence-electron chi connectivity index (χ1n) is 33.9. The number of carbonyl (C=O) groups is 3. The summed E-state index contributed by atoms with van der Waals surface area (Å²) in [6.45, 7) is 8.89. The van der Waals surface area contributed by atoms with Gasteiger partial charge in [-0.2, -0.15) is 21.0 Å². The number of ether oxygens (including phenoxy) is 1. The zero-order valence-electron chi connectivity index (χ0n) is 58.5. The minimum absolute atomic E-state index is 0. The van der Waals surface area contributed by atoms with E-state index in [1.165, 1.54) is 97.7 Å². The lowest BCUT2D eigenvalue weighted by Gasteiger charge is -2.37. The number of pyridine rings is 2. The Labute approximate surface area is 662 Å². The van der Waals surface area contributed by atoms with Crippen LogP contribution < -0.4 is 5.32 Å². The van der Waals surface area contributed by atoms with Crippen molar-refractivity contribution in [2.24, 2.45) is 22.2 Å². The van der Waals surface area contributed by atoms with Gasteiger partial charge in [0.25, 0.3) is 5.91 Å². The summed E-state index contributed by atoms with van der Waals surface area (Å²) in [6.07, 6.45) is 17.1. The van der Waals surface area contributed by atoms with Crippen LogP contribution >= 0.6 is 28.3 Å². The second-order valence-electron chi connectivity index (χ2n) is 26.4. The Balaban J connectivity index is 0.000000683. The summed E-state index contributed by atoms with van der Waals surface area (Å²) >= 11 is 2.98. The van der Waals surface area contributed by atoms with Crippen molar-refractivity contribution >= 4 is 46.3 Å². The number of piperidine rings is 3. The zero-order valence-corrected chi connectivity index (χ0v) is 60.9. The second kappa shape index (κ2) is 47.7. The van der Waals surface area contributed by atoms with Crippen molar-refractivity contribution in [3.05, 3.63) is 227 Å². The lowest BCUT2D eigenvalue weighted by Crippen LogP contribution is -2.44. The van der Waals surface area contributed by atoms with Crippen LogP contribution in [-0.4, -0.2) is 108 Å². The molecule has 18 nitrogen and oxygen atoms in total. The molecule has 111 heavy (non-hydrogen) atoms. The third kappa shape index (κ3) is 28.5. The molecule has 12 rings (SSSR count). The van der Waals surface area contributed by atoms with E-state index in [1.54, 1.807) is 58.7 Å². The molecule has 4 aromatic heterocycles. The smallest absolute Gasteiger partial charge is 0.410 e. The van der Waals surface area contributed by atoms with Crippen molar-refractivity contribution in [1.29, 1.82) is 21.0 Å². The predicted octanol–water partition coefficient (Wildman–Crippen LogP) is 20.0. The molecule has 2 N–H and O–H groups in total. The molecule has 1 aliphatic carbocycles. The molecule has 8 aromatic rings. The van der Waals surface area contributed by atoms with Gasteiger partial charge in [-0.15, -0.1) is 12.4 Å². The van der Waals surface area contributed by atoms with E-state index in [-0.39, 0.29) is 120 Å². The summed E-state index contributed by atoms with van der Waals surface area (Å²) in [5.41, 5.74) is -0.0603. The van der Waals surface area contributed by atoms with Crippen molar-refractivity contribution in [3.8, 4) is 47.1 Å². The number of benzene rings is 4. The van der Waals surface area contributed by atoms with Crippen LogP contribution in [0.1, 0.15) is 172 Å². The number of nitriles is 4. The van der Waals surface area contributed by atoms with E-state index in [0.29, 0.717) is 80.2 Å². The van der Waals surface area contributed by atoms with Gasteiger partial charge < -0.3 is 25.0 Å². The summed E-state index contributed by atoms with van der Waals surface area (Å²) in [5, 5.41) is 49.4. The highest BCUT2D eigenvalue weighted by molar-refractivity contribution is 9.08. The third-order valence-corrected chi connectivity index (χ3v) is 18.6.